The van der Waals surface area contributed by atoms with Gasteiger partial charge in [0.1, 0.15) is 12.0 Å². The fourth-order valence-electron chi connectivity index (χ4n) is 3.79. The van der Waals surface area contributed by atoms with Crippen LogP contribution in [0.1, 0.15) is 44.2 Å². The zero-order chi connectivity index (χ0) is 18.8. The van der Waals surface area contributed by atoms with E-state index in [4.69, 9.17) is 4.52 Å². The maximum Gasteiger partial charge on any atom is 0.286 e. The van der Waals surface area contributed by atoms with Crippen molar-refractivity contribution in [3.05, 3.63) is 42.2 Å². The van der Waals surface area contributed by atoms with E-state index in [2.05, 4.69) is 15.1 Å². The van der Waals surface area contributed by atoms with Crippen LogP contribution in [0.25, 0.3) is 17.2 Å². The van der Waals surface area contributed by atoms with Crippen LogP contribution in [0.5, 0.6) is 0 Å². The van der Waals surface area contributed by atoms with Gasteiger partial charge in [-0.05, 0) is 45.1 Å². The zero-order valence-corrected chi connectivity index (χ0v) is 16.2. The topological polar surface area (TPSA) is 77.0 Å². The van der Waals surface area contributed by atoms with Crippen LogP contribution in [0.4, 0.5) is 10.5 Å². The molecule has 2 aliphatic rings. The molecule has 1 aliphatic heterocycles. The first kappa shape index (κ1) is 16.6. The minimum atomic E-state index is -0.624. The summed E-state index contributed by atoms with van der Waals surface area (Å²) in [6.07, 6.45) is 5.77. The lowest BCUT2D eigenvalue weighted by Gasteiger charge is -2.43. The van der Waals surface area contributed by atoms with Crippen LogP contribution in [0, 0.1) is 0 Å². The maximum atomic E-state index is 12.8. The molecule has 27 heavy (non-hydrogen) atoms. The predicted molar refractivity (Wildman–Crippen MR) is 103 cm³/mol. The first-order valence-electron chi connectivity index (χ1n) is 8.91. The Morgan fingerprint density at radius 1 is 1.26 bits per heavy atom. The lowest BCUT2D eigenvalue weighted by molar-refractivity contribution is 0.258. The highest BCUT2D eigenvalue weighted by atomic mass is 32.2. The lowest BCUT2D eigenvalue weighted by Crippen LogP contribution is -2.48. The van der Waals surface area contributed by atoms with Crippen molar-refractivity contribution in [1.82, 2.24) is 19.7 Å². The molecule has 1 fully saturated rings. The highest BCUT2D eigenvalue weighted by Crippen LogP contribution is 2.46. The van der Waals surface area contributed by atoms with E-state index in [9.17, 15) is 4.79 Å². The molecule has 1 aliphatic carbocycles. The molecule has 0 spiro atoms. The second-order valence-electron chi connectivity index (χ2n) is 7.40. The zero-order valence-electron chi connectivity index (χ0n) is 15.3. The van der Waals surface area contributed by atoms with Gasteiger partial charge in [0.25, 0.3) is 5.24 Å². The number of fused-ring (bicyclic) bond motifs is 3. The Labute approximate surface area is 160 Å². The molecule has 0 N–H and O–H groups in total. The number of hydrogen-bond acceptors (Lipinski definition) is 6. The molecular weight excluding hydrogens is 362 g/mol. The van der Waals surface area contributed by atoms with Crippen molar-refractivity contribution < 1.29 is 9.32 Å². The highest BCUT2D eigenvalue weighted by molar-refractivity contribution is 8.13. The number of aromatic nitrogens is 4. The molecule has 0 saturated heterocycles. The summed E-state index contributed by atoms with van der Waals surface area (Å²) in [5.41, 5.74) is 2.69. The minimum absolute atomic E-state index is 0.0161. The molecule has 0 radical (unpaired) electrons. The largest absolute Gasteiger partial charge is 0.339 e. The SMILES string of the molecule is CSC(=O)N1c2ccccc2-n2cnc(-c3noc(C4CC4)n3)c2C1(C)C. The number of rotatable bonds is 2. The molecule has 8 heteroatoms. The third-order valence-electron chi connectivity index (χ3n) is 5.23. The van der Waals surface area contributed by atoms with Crippen molar-refractivity contribution in [2.24, 2.45) is 0 Å². The van der Waals surface area contributed by atoms with Gasteiger partial charge in [-0.2, -0.15) is 4.98 Å². The van der Waals surface area contributed by atoms with Crippen molar-refractivity contribution in [3.63, 3.8) is 0 Å². The number of amides is 1. The van der Waals surface area contributed by atoms with Gasteiger partial charge in [0, 0.05) is 5.92 Å². The fourth-order valence-corrected chi connectivity index (χ4v) is 4.30. The highest BCUT2D eigenvalue weighted by Gasteiger charge is 2.44. The molecule has 0 bridgehead atoms. The van der Waals surface area contributed by atoms with Crippen molar-refractivity contribution in [3.8, 4) is 17.2 Å². The molecule has 1 aromatic carbocycles. The minimum Gasteiger partial charge on any atom is -0.339 e. The predicted octanol–water partition coefficient (Wildman–Crippen LogP) is 4.34. The summed E-state index contributed by atoms with van der Waals surface area (Å²) in [6.45, 7) is 4.05. The van der Waals surface area contributed by atoms with Crippen molar-refractivity contribution in [2.75, 3.05) is 11.2 Å². The summed E-state index contributed by atoms with van der Waals surface area (Å²) >= 11 is 1.20. The van der Waals surface area contributed by atoms with Gasteiger partial charge in [0.2, 0.25) is 11.7 Å². The second kappa shape index (κ2) is 5.69. The van der Waals surface area contributed by atoms with Gasteiger partial charge in [-0.15, -0.1) is 0 Å². The van der Waals surface area contributed by atoms with E-state index in [1.54, 1.807) is 12.6 Å². The van der Waals surface area contributed by atoms with E-state index >= 15 is 0 Å². The first-order valence-corrected chi connectivity index (χ1v) is 10.1. The van der Waals surface area contributed by atoms with E-state index < -0.39 is 5.54 Å². The van der Waals surface area contributed by atoms with Crippen LogP contribution in [-0.4, -0.2) is 31.2 Å². The number of anilines is 1. The Morgan fingerprint density at radius 3 is 2.70 bits per heavy atom. The summed E-state index contributed by atoms with van der Waals surface area (Å²) < 4.78 is 7.47. The smallest absolute Gasteiger partial charge is 0.286 e. The molecule has 0 atom stereocenters. The van der Waals surface area contributed by atoms with E-state index in [1.165, 1.54) is 11.8 Å². The Balaban J connectivity index is 1.73. The van der Waals surface area contributed by atoms with Crippen molar-refractivity contribution in [2.45, 2.75) is 38.1 Å². The maximum absolute atomic E-state index is 12.8. The van der Waals surface area contributed by atoms with E-state index in [1.807, 2.05) is 47.6 Å². The first-order chi connectivity index (χ1) is 13.0. The molecule has 0 unspecified atom stereocenters. The summed E-state index contributed by atoms with van der Waals surface area (Å²) in [5.74, 6) is 1.54. The molecular formula is C19H19N5O2S. The summed E-state index contributed by atoms with van der Waals surface area (Å²) in [6, 6.07) is 7.86. The van der Waals surface area contributed by atoms with Crippen LogP contribution < -0.4 is 4.90 Å². The number of para-hydroxylation sites is 2. The molecule has 1 amide bonds. The van der Waals surface area contributed by atoms with E-state index in [0.29, 0.717) is 23.3 Å². The Hall–Kier alpha value is -2.61. The third kappa shape index (κ3) is 2.36. The Morgan fingerprint density at radius 2 is 2.00 bits per heavy atom. The number of nitrogens with zero attached hydrogens (tertiary/aromatic N) is 5. The second-order valence-corrected chi connectivity index (χ2v) is 8.15. The standard InChI is InChI=1S/C19H19N5O2S/c1-19(2)15-14(16-21-17(26-22-16)11-8-9-11)20-10-23(15)12-6-4-5-7-13(12)24(19)18(25)27-3/h4-7,10-11H,8-9H2,1-3H3. The van der Waals surface area contributed by atoms with Crippen LogP contribution in [-0.2, 0) is 5.54 Å². The van der Waals surface area contributed by atoms with Gasteiger partial charge >= 0.3 is 0 Å². The van der Waals surface area contributed by atoms with E-state index in [-0.39, 0.29) is 5.24 Å². The van der Waals surface area contributed by atoms with Crippen LogP contribution in [0.2, 0.25) is 0 Å². The van der Waals surface area contributed by atoms with E-state index in [0.717, 1.165) is 29.9 Å². The molecule has 2 aromatic heterocycles. The molecule has 138 valence electrons. The van der Waals surface area contributed by atoms with Crippen molar-refractivity contribution >= 4 is 22.7 Å². The Kier molecular flexibility index (Phi) is 3.49. The summed E-state index contributed by atoms with van der Waals surface area (Å²) in [5, 5.41) is 4.15. The molecule has 7 nitrogen and oxygen atoms in total. The third-order valence-corrected chi connectivity index (χ3v) is 5.76. The fraction of sp³-hybridized carbons (Fsp3) is 0.368. The molecule has 5 rings (SSSR count). The number of hydrogen-bond donors (Lipinski definition) is 0. The van der Waals surface area contributed by atoms with Crippen LogP contribution in [0.3, 0.4) is 0 Å². The van der Waals surface area contributed by atoms with Gasteiger partial charge in [-0.3, -0.25) is 14.3 Å². The molecule has 3 heterocycles. The van der Waals surface area contributed by atoms with Gasteiger partial charge in [0.15, 0.2) is 0 Å². The average Bonchev–Trinajstić information content (AvgIpc) is 3.21. The molecule has 3 aromatic rings. The number of benzene rings is 1. The normalized spacial score (nSPS) is 17.5. The number of carbonyl (C=O) groups is 1. The summed E-state index contributed by atoms with van der Waals surface area (Å²) in [7, 11) is 0. The quantitative estimate of drug-likeness (QED) is 0.657. The lowest BCUT2D eigenvalue weighted by atomic mass is 9.92. The molecule has 1 saturated carbocycles. The van der Waals surface area contributed by atoms with Gasteiger partial charge < -0.3 is 4.52 Å². The number of thioether (sulfide) groups is 1. The Bertz CT molecular complexity index is 1050. The summed E-state index contributed by atoms with van der Waals surface area (Å²) in [4.78, 5) is 23.8. The van der Waals surface area contributed by atoms with Gasteiger partial charge in [0.05, 0.1) is 22.6 Å². The number of imidazole rings is 1. The number of carbonyl (C=O) groups excluding carboxylic acids is 1. The van der Waals surface area contributed by atoms with Crippen LogP contribution in [0.15, 0.2) is 35.1 Å². The monoisotopic (exact) mass is 381 g/mol. The van der Waals surface area contributed by atoms with Gasteiger partial charge in [-0.25, -0.2) is 4.98 Å². The van der Waals surface area contributed by atoms with Gasteiger partial charge in [-0.1, -0.05) is 29.1 Å². The average molecular weight is 381 g/mol. The van der Waals surface area contributed by atoms with Crippen molar-refractivity contribution in [1.29, 1.82) is 0 Å². The van der Waals surface area contributed by atoms with Crippen LogP contribution >= 0.6 is 11.8 Å².